The lowest BCUT2D eigenvalue weighted by molar-refractivity contribution is 0.100. The molecule has 0 aliphatic carbocycles. The number of benzene rings is 2. The summed E-state index contributed by atoms with van der Waals surface area (Å²) >= 11 is 9.13. The van der Waals surface area contributed by atoms with E-state index in [1.165, 1.54) is 6.07 Å². The maximum absolute atomic E-state index is 13.9. The van der Waals surface area contributed by atoms with E-state index in [2.05, 4.69) is 21.2 Å². The first-order valence-electron chi connectivity index (χ1n) is 5.49. The highest BCUT2D eigenvalue weighted by Gasteiger charge is 2.13. The maximum atomic E-state index is 13.9. The quantitative estimate of drug-likeness (QED) is 0.732. The Kier molecular flexibility index (Phi) is 4.15. The van der Waals surface area contributed by atoms with Crippen LogP contribution in [0.4, 0.5) is 21.5 Å². The van der Waals surface area contributed by atoms with Gasteiger partial charge in [0.25, 0.3) is 5.91 Å². The van der Waals surface area contributed by atoms with Crippen molar-refractivity contribution in [1.82, 2.24) is 0 Å². The number of halogens is 3. The van der Waals surface area contributed by atoms with E-state index in [1.807, 2.05) is 0 Å². The molecule has 0 unspecified atom stereocenters. The minimum absolute atomic E-state index is 0.00396. The van der Waals surface area contributed by atoms with Crippen LogP contribution in [0.1, 0.15) is 10.4 Å². The molecule has 0 aliphatic rings. The number of nitrogen functional groups attached to an aromatic ring is 1. The second-order valence-corrected chi connectivity index (χ2v) is 5.32. The highest BCUT2D eigenvalue weighted by Crippen LogP contribution is 2.31. The summed E-state index contributed by atoms with van der Waals surface area (Å²) in [5.74, 6) is -1.31. The molecular weight excluding hydrogens is 349 g/mol. The number of amides is 1. The molecule has 7 heteroatoms. The molecule has 0 aliphatic heterocycles. The van der Waals surface area contributed by atoms with E-state index in [1.54, 1.807) is 18.2 Å². The molecule has 0 spiro atoms. The van der Waals surface area contributed by atoms with Gasteiger partial charge in [-0.2, -0.15) is 0 Å². The first-order valence-corrected chi connectivity index (χ1v) is 6.66. The molecular formula is C13H10BrClFN3O. The molecule has 5 N–H and O–H groups in total. The zero-order valence-electron chi connectivity index (χ0n) is 10.1. The molecule has 0 aromatic heterocycles. The first-order chi connectivity index (χ1) is 9.38. The van der Waals surface area contributed by atoms with Crippen LogP contribution in [-0.4, -0.2) is 5.91 Å². The summed E-state index contributed by atoms with van der Waals surface area (Å²) in [4.78, 5) is 11.2. The van der Waals surface area contributed by atoms with Crippen molar-refractivity contribution in [2.75, 3.05) is 11.1 Å². The molecule has 0 bridgehead atoms. The SMILES string of the molecule is NC(=O)c1cc(Nc2ccc(Cl)cc2Br)c(F)cc1N. The Labute approximate surface area is 128 Å². The Hall–Kier alpha value is -1.79. The topological polar surface area (TPSA) is 81.1 Å². The summed E-state index contributed by atoms with van der Waals surface area (Å²) in [5.41, 5.74) is 11.5. The molecule has 2 rings (SSSR count). The fraction of sp³-hybridized carbons (Fsp3) is 0. The molecule has 0 atom stereocenters. The summed E-state index contributed by atoms with van der Waals surface area (Å²) < 4.78 is 14.5. The van der Waals surface area contributed by atoms with Crippen LogP contribution in [-0.2, 0) is 0 Å². The number of anilines is 3. The molecule has 0 fully saturated rings. The van der Waals surface area contributed by atoms with Crippen LogP contribution >= 0.6 is 27.5 Å². The standard InChI is InChI=1S/C13H10BrClFN3O/c14-8-3-6(15)1-2-11(8)19-12-4-7(13(18)20)10(17)5-9(12)16/h1-5,19H,17H2,(H2,18,20). The zero-order valence-corrected chi connectivity index (χ0v) is 12.4. The van der Waals surface area contributed by atoms with Crippen molar-refractivity contribution >= 4 is 50.5 Å². The average Bonchev–Trinajstić information content (AvgIpc) is 2.35. The Morgan fingerprint density at radius 3 is 2.55 bits per heavy atom. The highest BCUT2D eigenvalue weighted by atomic mass is 79.9. The van der Waals surface area contributed by atoms with Crippen LogP contribution < -0.4 is 16.8 Å². The van der Waals surface area contributed by atoms with Crippen LogP contribution in [0.5, 0.6) is 0 Å². The van der Waals surface area contributed by atoms with Gasteiger partial charge in [-0.05, 0) is 46.3 Å². The Bertz CT molecular complexity index is 694. The van der Waals surface area contributed by atoms with Gasteiger partial charge in [-0.25, -0.2) is 4.39 Å². The van der Waals surface area contributed by atoms with Gasteiger partial charge in [0, 0.05) is 15.2 Å². The van der Waals surface area contributed by atoms with Crippen molar-refractivity contribution < 1.29 is 9.18 Å². The molecule has 104 valence electrons. The van der Waals surface area contributed by atoms with E-state index >= 15 is 0 Å². The number of carbonyl (C=O) groups excluding carboxylic acids is 1. The van der Waals surface area contributed by atoms with Crippen molar-refractivity contribution in [1.29, 1.82) is 0 Å². The van der Waals surface area contributed by atoms with Gasteiger partial charge in [0.15, 0.2) is 0 Å². The van der Waals surface area contributed by atoms with E-state index < -0.39 is 11.7 Å². The summed E-state index contributed by atoms with van der Waals surface area (Å²) in [6.07, 6.45) is 0. The fourth-order valence-corrected chi connectivity index (χ4v) is 2.42. The van der Waals surface area contributed by atoms with Gasteiger partial charge in [0.1, 0.15) is 5.82 Å². The van der Waals surface area contributed by atoms with Crippen molar-refractivity contribution in [3.63, 3.8) is 0 Å². The molecule has 0 saturated carbocycles. The van der Waals surface area contributed by atoms with Crippen LogP contribution in [0.3, 0.4) is 0 Å². The van der Waals surface area contributed by atoms with Gasteiger partial charge >= 0.3 is 0 Å². The smallest absolute Gasteiger partial charge is 0.250 e. The van der Waals surface area contributed by atoms with E-state index in [0.717, 1.165) is 6.07 Å². The summed E-state index contributed by atoms with van der Waals surface area (Å²) in [6.45, 7) is 0. The highest BCUT2D eigenvalue weighted by molar-refractivity contribution is 9.10. The second kappa shape index (κ2) is 5.68. The van der Waals surface area contributed by atoms with Gasteiger partial charge in [0.05, 0.1) is 16.9 Å². The minimum Gasteiger partial charge on any atom is -0.398 e. The van der Waals surface area contributed by atoms with E-state index in [-0.39, 0.29) is 16.9 Å². The molecule has 2 aromatic rings. The van der Waals surface area contributed by atoms with Crippen molar-refractivity contribution in [3.8, 4) is 0 Å². The number of hydrogen-bond acceptors (Lipinski definition) is 3. The van der Waals surface area contributed by atoms with Gasteiger partial charge in [-0.1, -0.05) is 11.6 Å². The Morgan fingerprint density at radius 1 is 1.25 bits per heavy atom. The summed E-state index contributed by atoms with van der Waals surface area (Å²) in [7, 11) is 0. The zero-order chi connectivity index (χ0) is 14.9. The van der Waals surface area contributed by atoms with Gasteiger partial charge in [-0.15, -0.1) is 0 Å². The van der Waals surface area contributed by atoms with E-state index in [4.69, 9.17) is 23.1 Å². The lowest BCUT2D eigenvalue weighted by Gasteiger charge is -2.12. The van der Waals surface area contributed by atoms with Gasteiger partial charge in [-0.3, -0.25) is 4.79 Å². The number of nitrogens with two attached hydrogens (primary N) is 2. The normalized spacial score (nSPS) is 10.3. The maximum Gasteiger partial charge on any atom is 0.250 e. The summed E-state index contributed by atoms with van der Waals surface area (Å²) in [5, 5.41) is 3.39. The second-order valence-electron chi connectivity index (χ2n) is 4.03. The summed E-state index contributed by atoms with van der Waals surface area (Å²) in [6, 6.07) is 7.30. The molecule has 0 heterocycles. The number of carbonyl (C=O) groups is 1. The van der Waals surface area contributed by atoms with Gasteiger partial charge in [0.2, 0.25) is 0 Å². The van der Waals surface area contributed by atoms with Crippen LogP contribution in [0.25, 0.3) is 0 Å². The lowest BCUT2D eigenvalue weighted by atomic mass is 10.1. The third-order valence-corrected chi connectivity index (χ3v) is 3.50. The number of primary amides is 1. The minimum atomic E-state index is -0.722. The predicted molar refractivity (Wildman–Crippen MR) is 81.8 cm³/mol. The first kappa shape index (κ1) is 14.6. The largest absolute Gasteiger partial charge is 0.398 e. The number of hydrogen-bond donors (Lipinski definition) is 3. The lowest BCUT2D eigenvalue weighted by Crippen LogP contribution is -2.14. The van der Waals surface area contributed by atoms with E-state index in [9.17, 15) is 9.18 Å². The van der Waals surface area contributed by atoms with Gasteiger partial charge < -0.3 is 16.8 Å². The molecule has 2 aromatic carbocycles. The third kappa shape index (κ3) is 3.02. The van der Waals surface area contributed by atoms with Crippen molar-refractivity contribution in [3.05, 3.63) is 51.2 Å². The molecule has 1 amide bonds. The number of rotatable bonds is 3. The Balaban J connectivity index is 2.43. The molecule has 4 nitrogen and oxygen atoms in total. The molecule has 20 heavy (non-hydrogen) atoms. The predicted octanol–water partition coefficient (Wildman–Crippen LogP) is 3.67. The average molecular weight is 359 g/mol. The fourth-order valence-electron chi connectivity index (χ4n) is 1.63. The van der Waals surface area contributed by atoms with Crippen molar-refractivity contribution in [2.45, 2.75) is 0 Å². The van der Waals surface area contributed by atoms with Crippen LogP contribution in [0.15, 0.2) is 34.8 Å². The molecule has 0 radical (unpaired) electrons. The third-order valence-electron chi connectivity index (χ3n) is 2.61. The molecule has 0 saturated heterocycles. The van der Waals surface area contributed by atoms with E-state index in [0.29, 0.717) is 15.2 Å². The van der Waals surface area contributed by atoms with Crippen LogP contribution in [0.2, 0.25) is 5.02 Å². The number of nitrogens with one attached hydrogen (secondary N) is 1. The monoisotopic (exact) mass is 357 g/mol. The van der Waals surface area contributed by atoms with Crippen molar-refractivity contribution in [2.24, 2.45) is 5.73 Å². The Morgan fingerprint density at radius 2 is 1.95 bits per heavy atom. The van der Waals surface area contributed by atoms with Crippen LogP contribution in [0, 0.1) is 5.82 Å².